The molecule has 0 radical (unpaired) electrons. The minimum atomic E-state index is -3.70. The Bertz CT molecular complexity index is 991. The van der Waals surface area contributed by atoms with Gasteiger partial charge in [0.25, 0.3) is 0 Å². The summed E-state index contributed by atoms with van der Waals surface area (Å²) in [6.45, 7) is 4.17. The van der Waals surface area contributed by atoms with Gasteiger partial charge in [0.15, 0.2) is 11.5 Å². The molecule has 2 rings (SSSR count). The van der Waals surface area contributed by atoms with Crippen molar-refractivity contribution in [2.45, 2.75) is 13.8 Å². The quantitative estimate of drug-likeness (QED) is 0.575. The van der Waals surface area contributed by atoms with E-state index in [0.29, 0.717) is 17.2 Å². The Labute approximate surface area is 177 Å². The molecular formula is C21H28N2O6S. The van der Waals surface area contributed by atoms with Gasteiger partial charge in [-0.15, -0.1) is 0 Å². The van der Waals surface area contributed by atoms with Crippen LogP contribution in [0.25, 0.3) is 0 Å². The van der Waals surface area contributed by atoms with E-state index in [4.69, 9.17) is 14.2 Å². The Morgan fingerprint density at radius 2 is 1.70 bits per heavy atom. The summed E-state index contributed by atoms with van der Waals surface area (Å²) in [5.41, 5.74) is 2.60. The molecule has 0 saturated heterocycles. The highest BCUT2D eigenvalue weighted by Gasteiger charge is 2.22. The van der Waals surface area contributed by atoms with Crippen molar-refractivity contribution in [3.63, 3.8) is 0 Å². The molecule has 0 spiro atoms. The first-order chi connectivity index (χ1) is 14.2. The standard InChI is InChI=1S/C21H28N2O6S/c1-15-6-8-18(12-16(15)2)29-11-10-22-21(24)14-23(30(5,25)26)17-7-9-19(27-3)20(13-17)28-4/h6-9,12-13H,10-11,14H2,1-5H3,(H,22,24). The second-order valence-electron chi connectivity index (χ2n) is 6.75. The van der Waals surface area contributed by atoms with Gasteiger partial charge in [-0.3, -0.25) is 9.10 Å². The Morgan fingerprint density at radius 1 is 1.00 bits per heavy atom. The Hall–Kier alpha value is -2.94. The maximum atomic E-state index is 12.3. The van der Waals surface area contributed by atoms with Crippen LogP contribution in [-0.2, 0) is 14.8 Å². The van der Waals surface area contributed by atoms with Gasteiger partial charge in [0, 0.05) is 6.07 Å². The van der Waals surface area contributed by atoms with Crippen molar-refractivity contribution in [1.82, 2.24) is 5.32 Å². The van der Waals surface area contributed by atoms with Gasteiger partial charge in [0.05, 0.1) is 32.7 Å². The van der Waals surface area contributed by atoms with Crippen molar-refractivity contribution in [3.05, 3.63) is 47.5 Å². The molecule has 0 aliphatic carbocycles. The van der Waals surface area contributed by atoms with E-state index >= 15 is 0 Å². The minimum Gasteiger partial charge on any atom is -0.493 e. The number of hydrogen-bond donors (Lipinski definition) is 1. The number of anilines is 1. The average molecular weight is 437 g/mol. The molecule has 1 amide bonds. The zero-order chi connectivity index (χ0) is 22.3. The number of carbonyl (C=O) groups excluding carboxylic acids is 1. The van der Waals surface area contributed by atoms with Crippen molar-refractivity contribution in [1.29, 1.82) is 0 Å². The SMILES string of the molecule is COc1ccc(N(CC(=O)NCCOc2ccc(C)c(C)c2)S(C)(=O)=O)cc1OC. The van der Waals surface area contributed by atoms with Crippen molar-refractivity contribution in [2.24, 2.45) is 0 Å². The molecule has 0 unspecified atom stereocenters. The molecule has 2 aromatic rings. The normalized spacial score (nSPS) is 11.0. The van der Waals surface area contributed by atoms with Crippen LogP contribution in [0.15, 0.2) is 36.4 Å². The second kappa shape index (κ2) is 10.2. The molecule has 0 aromatic heterocycles. The third-order valence-corrected chi connectivity index (χ3v) is 5.65. The molecule has 0 bridgehead atoms. The van der Waals surface area contributed by atoms with Gasteiger partial charge in [-0.2, -0.15) is 0 Å². The fourth-order valence-corrected chi connectivity index (χ4v) is 3.58. The smallest absolute Gasteiger partial charge is 0.240 e. The first kappa shape index (κ1) is 23.3. The van der Waals surface area contributed by atoms with E-state index in [1.165, 1.54) is 25.8 Å². The van der Waals surface area contributed by atoms with Gasteiger partial charge in [0.1, 0.15) is 18.9 Å². The summed E-state index contributed by atoms with van der Waals surface area (Å²) in [5, 5.41) is 2.68. The van der Waals surface area contributed by atoms with E-state index < -0.39 is 15.9 Å². The molecule has 0 heterocycles. The lowest BCUT2D eigenvalue weighted by Crippen LogP contribution is -2.41. The molecule has 0 atom stereocenters. The molecule has 0 saturated carbocycles. The number of methoxy groups -OCH3 is 2. The summed E-state index contributed by atoms with van der Waals surface area (Å²) in [7, 11) is -0.757. The molecule has 1 N–H and O–H groups in total. The Kier molecular flexibility index (Phi) is 7.93. The molecular weight excluding hydrogens is 408 g/mol. The highest BCUT2D eigenvalue weighted by molar-refractivity contribution is 7.92. The van der Waals surface area contributed by atoms with E-state index in [1.807, 2.05) is 32.0 Å². The van der Waals surface area contributed by atoms with E-state index in [1.54, 1.807) is 12.1 Å². The van der Waals surface area contributed by atoms with Crippen LogP contribution >= 0.6 is 0 Å². The number of aryl methyl sites for hydroxylation is 2. The highest BCUT2D eigenvalue weighted by Crippen LogP contribution is 2.32. The van der Waals surface area contributed by atoms with Gasteiger partial charge in [0.2, 0.25) is 15.9 Å². The number of ether oxygens (including phenoxy) is 3. The van der Waals surface area contributed by atoms with E-state index in [0.717, 1.165) is 21.9 Å². The van der Waals surface area contributed by atoms with E-state index in [-0.39, 0.29) is 19.7 Å². The molecule has 30 heavy (non-hydrogen) atoms. The lowest BCUT2D eigenvalue weighted by Gasteiger charge is -2.23. The summed E-state index contributed by atoms with van der Waals surface area (Å²) in [5.74, 6) is 1.10. The topological polar surface area (TPSA) is 94.2 Å². The number of rotatable bonds is 10. The van der Waals surface area contributed by atoms with Gasteiger partial charge in [-0.05, 0) is 49.2 Å². The van der Waals surface area contributed by atoms with Crippen LogP contribution in [0.4, 0.5) is 5.69 Å². The summed E-state index contributed by atoms with van der Waals surface area (Å²) in [6.07, 6.45) is 1.04. The van der Waals surface area contributed by atoms with Crippen LogP contribution in [0.2, 0.25) is 0 Å². The molecule has 0 aliphatic heterocycles. The molecule has 8 nitrogen and oxygen atoms in total. The fourth-order valence-electron chi connectivity index (χ4n) is 2.73. The minimum absolute atomic E-state index is 0.245. The predicted octanol–water partition coefficient (Wildman–Crippen LogP) is 2.28. The van der Waals surface area contributed by atoms with E-state index in [2.05, 4.69) is 5.32 Å². The number of nitrogens with one attached hydrogen (secondary N) is 1. The Morgan fingerprint density at radius 3 is 2.30 bits per heavy atom. The number of nitrogens with zero attached hydrogens (tertiary/aromatic N) is 1. The van der Waals surface area contributed by atoms with Crippen LogP contribution in [0.3, 0.4) is 0 Å². The average Bonchev–Trinajstić information content (AvgIpc) is 2.70. The fraction of sp³-hybridized carbons (Fsp3) is 0.381. The summed E-state index contributed by atoms with van der Waals surface area (Å²) in [6, 6.07) is 10.4. The summed E-state index contributed by atoms with van der Waals surface area (Å²) < 4.78 is 41.5. The van der Waals surface area contributed by atoms with Crippen LogP contribution in [0.1, 0.15) is 11.1 Å². The maximum absolute atomic E-state index is 12.3. The van der Waals surface area contributed by atoms with Gasteiger partial charge < -0.3 is 19.5 Å². The largest absolute Gasteiger partial charge is 0.493 e. The molecule has 2 aromatic carbocycles. The van der Waals surface area contributed by atoms with E-state index in [9.17, 15) is 13.2 Å². The lowest BCUT2D eigenvalue weighted by atomic mass is 10.1. The van der Waals surface area contributed by atoms with Gasteiger partial charge >= 0.3 is 0 Å². The number of benzene rings is 2. The monoisotopic (exact) mass is 436 g/mol. The zero-order valence-electron chi connectivity index (χ0n) is 17.9. The van der Waals surface area contributed by atoms with Crippen molar-refractivity contribution in [3.8, 4) is 17.2 Å². The first-order valence-electron chi connectivity index (χ1n) is 9.32. The predicted molar refractivity (Wildman–Crippen MR) is 116 cm³/mol. The third-order valence-electron chi connectivity index (χ3n) is 4.51. The van der Waals surface area contributed by atoms with Crippen molar-refractivity contribution in [2.75, 3.05) is 44.5 Å². The van der Waals surface area contributed by atoms with Crippen LogP contribution < -0.4 is 23.8 Å². The second-order valence-corrected chi connectivity index (χ2v) is 8.66. The van der Waals surface area contributed by atoms with Gasteiger partial charge in [-0.1, -0.05) is 6.07 Å². The maximum Gasteiger partial charge on any atom is 0.240 e. The number of sulfonamides is 1. The van der Waals surface area contributed by atoms with Crippen LogP contribution in [-0.4, -0.2) is 54.5 Å². The molecule has 0 fully saturated rings. The Balaban J connectivity index is 1.98. The van der Waals surface area contributed by atoms with Crippen molar-refractivity contribution >= 4 is 21.6 Å². The van der Waals surface area contributed by atoms with Crippen LogP contribution in [0, 0.1) is 13.8 Å². The summed E-state index contributed by atoms with van der Waals surface area (Å²) in [4.78, 5) is 12.3. The third kappa shape index (κ3) is 6.28. The molecule has 9 heteroatoms. The highest BCUT2D eigenvalue weighted by atomic mass is 32.2. The number of amides is 1. The molecule has 164 valence electrons. The van der Waals surface area contributed by atoms with Crippen LogP contribution in [0.5, 0.6) is 17.2 Å². The number of carbonyl (C=O) groups is 1. The lowest BCUT2D eigenvalue weighted by molar-refractivity contribution is -0.119. The zero-order valence-corrected chi connectivity index (χ0v) is 18.7. The van der Waals surface area contributed by atoms with Crippen molar-refractivity contribution < 1.29 is 27.4 Å². The number of hydrogen-bond acceptors (Lipinski definition) is 6. The summed E-state index contributed by atoms with van der Waals surface area (Å²) >= 11 is 0. The van der Waals surface area contributed by atoms with Gasteiger partial charge in [-0.25, -0.2) is 8.42 Å². The first-order valence-corrected chi connectivity index (χ1v) is 11.2. The molecule has 0 aliphatic rings.